The Hall–Kier alpha value is -7.26. The van der Waals surface area contributed by atoms with E-state index in [1.165, 1.54) is 12.3 Å². The molecule has 3 aromatic rings. The molecule has 9 N–H and O–H groups in total. The van der Waals surface area contributed by atoms with Crippen molar-refractivity contribution in [2.45, 2.75) is 0 Å². The topological polar surface area (TPSA) is 390 Å². The van der Waals surface area contributed by atoms with Gasteiger partial charge in [0, 0.05) is 24.3 Å². The van der Waals surface area contributed by atoms with Crippen LogP contribution >= 0.6 is 47.8 Å². The van der Waals surface area contributed by atoms with Gasteiger partial charge in [0.15, 0.2) is 5.82 Å². The molecule has 0 saturated carbocycles. The van der Waals surface area contributed by atoms with Crippen molar-refractivity contribution in [1.82, 2.24) is 15.0 Å². The number of nitrogens with zero attached hydrogens (tertiary/aromatic N) is 6. The molecule has 24 nitrogen and oxygen atoms in total. The average Bonchev–Trinajstić information content (AvgIpc) is 3.68. The van der Waals surface area contributed by atoms with Crippen molar-refractivity contribution < 1.29 is 68.1 Å². The number of nitro groups is 1. The highest BCUT2D eigenvalue weighted by molar-refractivity contribution is 9.12. The largest absolute Gasteiger partial charge is 0.478 e. The number of pyridine rings is 3. The molecule has 0 radical (unpaired) electrons. The van der Waals surface area contributed by atoms with E-state index in [1.807, 2.05) is 0 Å². The van der Waals surface area contributed by atoms with Gasteiger partial charge in [0.2, 0.25) is 0 Å². The number of ether oxygens (including phenoxy) is 1. The number of amides is 4. The van der Waals surface area contributed by atoms with Gasteiger partial charge in [-0.25, -0.2) is 48.7 Å². The Morgan fingerprint density at radius 3 is 1.54 bits per heavy atom. The van der Waals surface area contributed by atoms with Gasteiger partial charge in [-0.15, -0.1) is 0 Å². The van der Waals surface area contributed by atoms with Gasteiger partial charge in [-0.05, 0) is 59.9 Å². The first-order valence-electron chi connectivity index (χ1n) is 14.3. The molecule has 57 heavy (non-hydrogen) atoms. The van der Waals surface area contributed by atoms with E-state index in [4.69, 9.17) is 27.4 Å². The van der Waals surface area contributed by atoms with Crippen LogP contribution in [0.3, 0.4) is 0 Å². The van der Waals surface area contributed by atoms with Crippen LogP contribution in [0.2, 0.25) is 0 Å². The molecule has 3 aromatic heterocycles. The molecule has 0 spiro atoms. The molecule has 0 aliphatic carbocycles. The highest BCUT2D eigenvalue weighted by Crippen LogP contribution is 2.31. The van der Waals surface area contributed by atoms with Gasteiger partial charge in [-0.1, -0.05) is 0 Å². The van der Waals surface area contributed by atoms with Crippen LogP contribution in [0.15, 0.2) is 68.5 Å². The smallest absolute Gasteiger partial charge is 0.353 e. The number of esters is 2. The molecule has 0 saturated heterocycles. The van der Waals surface area contributed by atoms with Crippen LogP contribution in [0.5, 0.6) is 0 Å². The highest BCUT2D eigenvalue weighted by atomic mass is 79.9. The fourth-order valence-electron chi connectivity index (χ4n) is 3.96. The van der Waals surface area contributed by atoms with E-state index in [2.05, 4.69) is 67.5 Å². The third kappa shape index (κ3) is 10.7. The molecule has 6 rings (SSSR count). The van der Waals surface area contributed by atoms with Crippen LogP contribution < -0.4 is 27.0 Å². The maximum absolute atomic E-state index is 12.0. The minimum absolute atomic E-state index is 0.0106. The van der Waals surface area contributed by atoms with Gasteiger partial charge < -0.3 is 37.3 Å². The predicted octanol–water partition coefficient (Wildman–Crippen LogP) is 1.65. The summed E-state index contributed by atoms with van der Waals surface area (Å²) >= 11 is 8.63. The van der Waals surface area contributed by atoms with E-state index in [9.17, 15) is 58.4 Å². The number of nitrogen functional groups attached to an aromatic ring is 3. The van der Waals surface area contributed by atoms with Gasteiger partial charge in [0.25, 0.3) is 29.3 Å². The normalized spacial score (nSPS) is 14.2. The lowest BCUT2D eigenvalue weighted by Gasteiger charge is -2.19. The number of hydrogen-bond acceptors (Lipinski definition) is 18. The number of hydrogen-bond donors (Lipinski definition) is 6. The third-order valence-corrected chi connectivity index (χ3v) is 8.15. The Morgan fingerprint density at radius 1 is 0.667 bits per heavy atom. The average molecular weight is 984 g/mol. The minimum Gasteiger partial charge on any atom is -0.478 e. The number of carbonyl (C=O) groups excluding carboxylic acids is 6. The van der Waals surface area contributed by atoms with Crippen LogP contribution in [0.4, 0.5) is 34.5 Å². The van der Waals surface area contributed by atoms with Crippen LogP contribution in [0, 0.1) is 10.1 Å². The monoisotopic (exact) mass is 981 g/mol. The summed E-state index contributed by atoms with van der Waals surface area (Å²) in [6.45, 7) is 0. The van der Waals surface area contributed by atoms with Crippen molar-refractivity contribution >= 4 is 136 Å². The number of aromatic nitrogens is 3. The first-order chi connectivity index (χ1) is 26.5. The minimum atomic E-state index is -1.49. The summed E-state index contributed by atoms with van der Waals surface area (Å²) in [6, 6.07) is 3.13. The summed E-state index contributed by atoms with van der Waals surface area (Å²) in [4.78, 5) is 122. The lowest BCUT2D eigenvalue weighted by molar-refractivity contribution is -0.385. The van der Waals surface area contributed by atoms with E-state index < -0.39 is 75.5 Å². The number of rotatable bonds is 6. The number of anilines is 5. The summed E-state index contributed by atoms with van der Waals surface area (Å²) in [5.74, 6) is -8.75. The van der Waals surface area contributed by atoms with Gasteiger partial charge in [-0.2, -0.15) is 0 Å². The summed E-state index contributed by atoms with van der Waals surface area (Å²) in [5.41, 5.74) is 14.5. The lowest BCUT2D eigenvalue weighted by Crippen LogP contribution is -2.34. The Bertz CT molecular complexity index is 2420. The Morgan fingerprint density at radius 2 is 1.16 bits per heavy atom. The van der Waals surface area contributed by atoms with E-state index in [1.54, 1.807) is 0 Å². The van der Waals surface area contributed by atoms with E-state index >= 15 is 0 Å². The van der Waals surface area contributed by atoms with Gasteiger partial charge in [0.05, 0.1) is 37.7 Å². The molecule has 27 heteroatoms. The predicted molar refractivity (Wildman–Crippen MR) is 201 cm³/mol. The molecular formula is C30H18Br3N9O15. The molecule has 0 atom stereocenters. The lowest BCUT2D eigenvalue weighted by atomic mass is 10.2. The standard InChI is InChI=1S/C14H5Br2N3O6.C6H5N3O4.C6H7N3O2.C4HBrO3/c15-7-2-9(20)18(12(7)22)5-1-6(14(24)25)11(17-4-5)19-10(21)3-8(16)13(19)23;7-5-4(6(10)11)1-3(2-8-5)9(12)13;7-3-1-4(6(10)11)5(8)9-2-3;5-2-1-3(6)8-4(2)7/h1-4H,(H,24,25);1-2H,(H2,7,8)(H,10,11);1-2H,7H2,(H2,8,9)(H,10,11);1H. The van der Waals surface area contributed by atoms with E-state index in [0.29, 0.717) is 4.90 Å². The fourth-order valence-corrected chi connectivity index (χ4v) is 4.98. The first kappa shape index (κ1) is 44.1. The summed E-state index contributed by atoms with van der Waals surface area (Å²) in [5, 5.41) is 36.6. The molecular weight excluding hydrogens is 966 g/mol. The van der Waals surface area contributed by atoms with Crippen LogP contribution in [0.1, 0.15) is 31.1 Å². The van der Waals surface area contributed by atoms with Crippen molar-refractivity contribution in [2.24, 2.45) is 0 Å². The Balaban J connectivity index is 0.000000227. The summed E-state index contributed by atoms with van der Waals surface area (Å²) in [6.07, 6.45) is 6.35. The Labute approximate surface area is 339 Å². The number of carboxylic acids is 3. The quantitative estimate of drug-likeness (QED) is 0.0672. The maximum Gasteiger partial charge on any atom is 0.353 e. The number of aromatic carboxylic acids is 3. The van der Waals surface area contributed by atoms with Crippen LogP contribution in [0.25, 0.3) is 0 Å². The second kappa shape index (κ2) is 18.4. The van der Waals surface area contributed by atoms with Crippen molar-refractivity contribution in [3.8, 4) is 0 Å². The number of cyclic esters (lactones) is 2. The van der Waals surface area contributed by atoms with Gasteiger partial charge >= 0.3 is 29.8 Å². The molecule has 0 bridgehead atoms. The number of carbonyl (C=O) groups is 9. The summed E-state index contributed by atoms with van der Waals surface area (Å²) < 4.78 is 4.21. The third-order valence-electron chi connectivity index (χ3n) is 6.46. The Kier molecular flexibility index (Phi) is 14.2. The molecule has 3 aliphatic rings. The van der Waals surface area contributed by atoms with Crippen molar-refractivity contribution in [3.63, 3.8) is 0 Å². The van der Waals surface area contributed by atoms with Crippen molar-refractivity contribution in [3.05, 3.63) is 95.3 Å². The summed E-state index contributed by atoms with van der Waals surface area (Å²) in [7, 11) is 0. The zero-order chi connectivity index (χ0) is 43.0. The first-order valence-corrected chi connectivity index (χ1v) is 16.7. The van der Waals surface area contributed by atoms with E-state index in [0.717, 1.165) is 47.7 Å². The molecule has 0 aromatic carbocycles. The maximum atomic E-state index is 12.0. The molecule has 4 amide bonds. The molecule has 0 fully saturated rings. The van der Waals surface area contributed by atoms with Crippen molar-refractivity contribution in [1.29, 1.82) is 0 Å². The molecule has 0 unspecified atom stereocenters. The van der Waals surface area contributed by atoms with Gasteiger partial charge in [-0.3, -0.25) is 29.3 Å². The number of halogens is 3. The number of imide groups is 2. The second-order valence-electron chi connectivity index (χ2n) is 10.2. The zero-order valence-corrected chi connectivity index (χ0v) is 32.2. The molecule has 3 aliphatic heterocycles. The van der Waals surface area contributed by atoms with Gasteiger partial charge in [0.1, 0.15) is 39.0 Å². The second-order valence-corrected chi connectivity index (χ2v) is 12.8. The zero-order valence-electron chi connectivity index (χ0n) is 27.5. The molecule has 6 heterocycles. The van der Waals surface area contributed by atoms with Crippen LogP contribution in [-0.2, 0) is 33.5 Å². The van der Waals surface area contributed by atoms with Crippen LogP contribution in [-0.4, -0.2) is 88.7 Å². The fraction of sp³-hybridized carbons (Fsp3) is 0. The number of nitrogens with two attached hydrogens (primary N) is 3. The highest BCUT2D eigenvalue weighted by Gasteiger charge is 2.37. The molecule has 294 valence electrons. The van der Waals surface area contributed by atoms with E-state index in [-0.39, 0.29) is 47.6 Å². The van der Waals surface area contributed by atoms with Crippen molar-refractivity contribution in [2.75, 3.05) is 27.0 Å². The SMILES string of the molecule is Nc1cnc(N)c(C(=O)O)c1.Nc1ncc([N+](=O)[O-])cc1C(=O)O.O=C(O)c1cc(N2C(=O)C=C(Br)C2=O)cnc1N1C(=O)C=C(Br)C1=O.O=C1C=C(Br)C(=O)O1. The number of carboxylic acid groups (broad SMARTS) is 3.